The van der Waals surface area contributed by atoms with Gasteiger partial charge in [0.15, 0.2) is 6.17 Å². The Bertz CT molecular complexity index is 1410. The third kappa shape index (κ3) is 4.50. The molecule has 1 heterocycles. The first-order chi connectivity index (χ1) is 17.6. The molecule has 0 aromatic heterocycles. The summed E-state index contributed by atoms with van der Waals surface area (Å²) in [6, 6.07) is 35.2. The molecule has 1 atom stereocenters. The summed E-state index contributed by atoms with van der Waals surface area (Å²) in [6.45, 7) is 0. The number of hydrogen-bond donors (Lipinski definition) is 1. The summed E-state index contributed by atoms with van der Waals surface area (Å²) in [6.07, 6.45) is -0.905. The van der Waals surface area contributed by atoms with Crippen molar-refractivity contribution in [1.29, 1.82) is 0 Å². The number of amides is 3. The zero-order valence-electron chi connectivity index (χ0n) is 19.2. The number of benzene rings is 4. The number of nitrogens with zero attached hydrogens (tertiary/aromatic N) is 3. The van der Waals surface area contributed by atoms with Gasteiger partial charge in [0.25, 0.3) is 17.7 Å². The van der Waals surface area contributed by atoms with E-state index in [0.717, 1.165) is 0 Å². The van der Waals surface area contributed by atoms with Crippen LogP contribution in [-0.2, 0) is 0 Å². The average molecular weight is 475 g/mol. The monoisotopic (exact) mass is 474 g/mol. The largest absolute Gasteiger partial charge is 0.290 e. The van der Waals surface area contributed by atoms with Crippen LogP contribution in [0.4, 0.5) is 0 Å². The molecule has 36 heavy (non-hydrogen) atoms. The molecule has 0 saturated heterocycles. The smallest absolute Gasteiger partial charge is 0.276 e. The van der Waals surface area contributed by atoms with Gasteiger partial charge in [-0.25, -0.2) is 4.90 Å². The first-order valence-corrected chi connectivity index (χ1v) is 11.4. The summed E-state index contributed by atoms with van der Waals surface area (Å²) in [5, 5.41) is 8.49. The van der Waals surface area contributed by atoms with Gasteiger partial charge in [-0.15, -0.1) is 5.10 Å². The Morgan fingerprint density at radius 1 is 0.583 bits per heavy atom. The molecule has 4 aromatic rings. The topological polar surface area (TPSA) is 82.1 Å². The van der Waals surface area contributed by atoms with E-state index in [9.17, 15) is 14.4 Å². The standard InChI is InChI=1S/C29H22N4O3/c34-25(21-13-5-1-6-14-21)30-29-31-33(28(36)24-19-11-4-12-20-24)26(22-15-7-2-8-16-22)32(29)27(35)23-17-9-3-10-18-23/h1-20,26H,(H,30,31,34). The fourth-order valence-electron chi connectivity index (χ4n) is 3.99. The quantitative estimate of drug-likeness (QED) is 0.466. The normalized spacial score (nSPS) is 14.8. The molecule has 4 aromatic carbocycles. The molecule has 1 N–H and O–H groups in total. The van der Waals surface area contributed by atoms with Crippen LogP contribution < -0.4 is 5.32 Å². The Kier molecular flexibility index (Phi) is 6.36. The molecule has 0 radical (unpaired) electrons. The van der Waals surface area contributed by atoms with Crippen molar-refractivity contribution in [3.8, 4) is 0 Å². The molecule has 1 aliphatic heterocycles. The van der Waals surface area contributed by atoms with Gasteiger partial charge >= 0.3 is 0 Å². The van der Waals surface area contributed by atoms with Gasteiger partial charge in [-0.2, -0.15) is 5.01 Å². The van der Waals surface area contributed by atoms with E-state index in [4.69, 9.17) is 0 Å². The van der Waals surface area contributed by atoms with E-state index < -0.39 is 23.9 Å². The van der Waals surface area contributed by atoms with Crippen molar-refractivity contribution in [1.82, 2.24) is 15.2 Å². The van der Waals surface area contributed by atoms with E-state index in [1.807, 2.05) is 42.5 Å². The van der Waals surface area contributed by atoms with Crippen LogP contribution in [0.3, 0.4) is 0 Å². The van der Waals surface area contributed by atoms with Gasteiger partial charge in [0.1, 0.15) is 0 Å². The van der Waals surface area contributed by atoms with Gasteiger partial charge in [0, 0.05) is 16.7 Å². The molecule has 0 spiro atoms. The maximum absolute atomic E-state index is 13.8. The highest BCUT2D eigenvalue weighted by atomic mass is 16.2. The number of hydrogen-bond acceptors (Lipinski definition) is 4. The SMILES string of the molecule is O=C(NC1=NN(C(=O)c2ccccc2)C(c2ccccc2)N1C(=O)c1ccccc1)c1ccccc1. The Labute approximate surface area is 208 Å². The fourth-order valence-corrected chi connectivity index (χ4v) is 3.99. The van der Waals surface area contributed by atoms with Crippen molar-refractivity contribution < 1.29 is 14.4 Å². The van der Waals surface area contributed by atoms with Gasteiger partial charge in [-0.05, 0) is 42.0 Å². The van der Waals surface area contributed by atoms with E-state index in [-0.39, 0.29) is 5.96 Å². The molecule has 0 aliphatic carbocycles. The summed E-state index contributed by atoms with van der Waals surface area (Å²) in [4.78, 5) is 41.8. The number of carbonyl (C=O) groups is 3. The van der Waals surface area contributed by atoms with Crippen LogP contribution in [0.25, 0.3) is 0 Å². The highest BCUT2D eigenvalue weighted by molar-refractivity contribution is 6.14. The number of hydrazone groups is 1. The van der Waals surface area contributed by atoms with E-state index in [1.54, 1.807) is 78.9 Å². The van der Waals surface area contributed by atoms with Crippen molar-refractivity contribution in [2.24, 2.45) is 5.10 Å². The predicted molar refractivity (Wildman–Crippen MR) is 136 cm³/mol. The van der Waals surface area contributed by atoms with Crippen LogP contribution in [-0.4, -0.2) is 33.6 Å². The van der Waals surface area contributed by atoms with Gasteiger partial charge in [-0.3, -0.25) is 19.7 Å². The van der Waals surface area contributed by atoms with Crippen molar-refractivity contribution in [3.63, 3.8) is 0 Å². The van der Waals surface area contributed by atoms with Crippen LogP contribution in [0.1, 0.15) is 42.8 Å². The van der Waals surface area contributed by atoms with Crippen molar-refractivity contribution in [2.45, 2.75) is 6.17 Å². The molecule has 176 valence electrons. The van der Waals surface area contributed by atoms with Gasteiger partial charge in [0.05, 0.1) is 0 Å². The predicted octanol–water partition coefficient (Wildman–Crippen LogP) is 4.68. The highest BCUT2D eigenvalue weighted by Crippen LogP contribution is 2.33. The third-order valence-corrected chi connectivity index (χ3v) is 5.73. The maximum Gasteiger partial charge on any atom is 0.276 e. The molecule has 1 aliphatic rings. The second-order valence-electron chi connectivity index (χ2n) is 8.09. The second-order valence-corrected chi connectivity index (χ2v) is 8.09. The molecule has 5 rings (SSSR count). The van der Waals surface area contributed by atoms with Crippen molar-refractivity contribution in [2.75, 3.05) is 0 Å². The Hall–Kier alpha value is -5.04. The van der Waals surface area contributed by atoms with Crippen LogP contribution in [0.5, 0.6) is 0 Å². The zero-order chi connectivity index (χ0) is 24.9. The number of guanidine groups is 1. The first kappa shape index (κ1) is 22.7. The number of nitrogens with one attached hydrogen (secondary N) is 1. The number of rotatable bonds is 4. The Morgan fingerprint density at radius 3 is 1.56 bits per heavy atom. The van der Waals surface area contributed by atoms with Crippen molar-refractivity contribution in [3.05, 3.63) is 144 Å². The Balaban J connectivity index is 1.61. The zero-order valence-corrected chi connectivity index (χ0v) is 19.2. The molecule has 7 heteroatoms. The van der Waals surface area contributed by atoms with Gasteiger partial charge in [0.2, 0.25) is 5.96 Å². The first-order valence-electron chi connectivity index (χ1n) is 11.4. The van der Waals surface area contributed by atoms with Crippen LogP contribution >= 0.6 is 0 Å². The molecule has 1 unspecified atom stereocenters. The molecule has 3 amide bonds. The van der Waals surface area contributed by atoms with E-state index in [1.165, 1.54) is 9.91 Å². The van der Waals surface area contributed by atoms with Crippen LogP contribution in [0, 0.1) is 0 Å². The highest BCUT2D eigenvalue weighted by Gasteiger charge is 2.43. The number of carbonyl (C=O) groups excluding carboxylic acids is 3. The van der Waals surface area contributed by atoms with E-state index in [2.05, 4.69) is 10.4 Å². The lowest BCUT2D eigenvalue weighted by molar-refractivity contribution is 0.0529. The van der Waals surface area contributed by atoms with E-state index in [0.29, 0.717) is 22.3 Å². The lowest BCUT2D eigenvalue weighted by Gasteiger charge is -2.29. The molecule has 7 nitrogen and oxygen atoms in total. The second kappa shape index (κ2) is 10.1. The average Bonchev–Trinajstić information content (AvgIpc) is 3.33. The van der Waals surface area contributed by atoms with Crippen LogP contribution in [0.2, 0.25) is 0 Å². The molecular weight excluding hydrogens is 452 g/mol. The minimum absolute atomic E-state index is 0.0316. The third-order valence-electron chi connectivity index (χ3n) is 5.73. The van der Waals surface area contributed by atoms with E-state index >= 15 is 0 Å². The molecule has 0 bridgehead atoms. The summed E-state index contributed by atoms with van der Waals surface area (Å²) in [5.41, 5.74) is 1.87. The molecule has 0 saturated carbocycles. The fraction of sp³-hybridized carbons (Fsp3) is 0.0345. The maximum atomic E-state index is 13.8. The van der Waals surface area contributed by atoms with Crippen molar-refractivity contribution >= 4 is 23.7 Å². The Morgan fingerprint density at radius 2 is 1.03 bits per heavy atom. The summed E-state index contributed by atoms with van der Waals surface area (Å²) in [7, 11) is 0. The van der Waals surface area contributed by atoms with Gasteiger partial charge < -0.3 is 0 Å². The molecule has 0 fully saturated rings. The lowest BCUT2D eigenvalue weighted by Crippen LogP contribution is -2.47. The van der Waals surface area contributed by atoms with Crippen LogP contribution in [0.15, 0.2) is 126 Å². The van der Waals surface area contributed by atoms with Gasteiger partial charge in [-0.1, -0.05) is 84.9 Å². The minimum Gasteiger partial charge on any atom is -0.290 e. The molecular formula is C29H22N4O3. The lowest BCUT2D eigenvalue weighted by atomic mass is 10.1. The summed E-state index contributed by atoms with van der Waals surface area (Å²) >= 11 is 0. The summed E-state index contributed by atoms with van der Waals surface area (Å²) < 4.78 is 0. The summed E-state index contributed by atoms with van der Waals surface area (Å²) in [5.74, 6) is -1.28. The minimum atomic E-state index is -0.905.